The molecule has 0 atom stereocenters. The lowest BCUT2D eigenvalue weighted by Crippen LogP contribution is -2.18. The normalized spacial score (nSPS) is 16.2. The van der Waals surface area contributed by atoms with Gasteiger partial charge in [0.2, 0.25) is 0 Å². The van der Waals surface area contributed by atoms with Crippen LogP contribution >= 0.6 is 0 Å². The molecule has 1 N–H and O–H groups in total. The summed E-state index contributed by atoms with van der Waals surface area (Å²) in [4.78, 5) is 19.9. The molecule has 0 spiro atoms. The number of hydrogen-bond donors (Lipinski definition) is 1. The second kappa shape index (κ2) is 4.92. The Bertz CT molecular complexity index is 456. The summed E-state index contributed by atoms with van der Waals surface area (Å²) in [6.07, 6.45) is 5.15. The summed E-state index contributed by atoms with van der Waals surface area (Å²) < 4.78 is 4.73. The van der Waals surface area contributed by atoms with Crippen molar-refractivity contribution in [3.05, 3.63) is 17.6 Å². The lowest BCUT2D eigenvalue weighted by molar-refractivity contribution is 0.0601. The van der Waals surface area contributed by atoms with Gasteiger partial charge >= 0.3 is 5.97 Å². The zero-order valence-corrected chi connectivity index (χ0v) is 11.1. The number of hydrogen-bond acceptors (Lipinski definition) is 5. The fourth-order valence-electron chi connectivity index (χ4n) is 1.97. The third kappa shape index (κ3) is 2.60. The number of nitrogens with one attached hydrogen (secondary N) is 1. The van der Waals surface area contributed by atoms with Crippen LogP contribution in [0.15, 0.2) is 6.20 Å². The summed E-state index contributed by atoms with van der Waals surface area (Å²) in [5.74, 6) is 0.819. The molecule has 0 aliphatic heterocycles. The van der Waals surface area contributed by atoms with E-state index in [1.807, 2.05) is 0 Å². The van der Waals surface area contributed by atoms with E-state index in [-0.39, 0.29) is 0 Å². The largest absolute Gasteiger partial charge is 0.465 e. The molecule has 2 rings (SSSR count). The minimum Gasteiger partial charge on any atom is -0.465 e. The molecule has 18 heavy (non-hydrogen) atoms. The van der Waals surface area contributed by atoms with E-state index >= 15 is 0 Å². The second-order valence-corrected chi connectivity index (χ2v) is 4.88. The van der Waals surface area contributed by atoms with Gasteiger partial charge in [0, 0.05) is 12.7 Å². The summed E-state index contributed by atoms with van der Waals surface area (Å²) in [5, 5.41) is 3.27. The molecule has 1 aromatic rings. The number of ether oxygens (including phenoxy) is 1. The number of methoxy groups -OCH3 is 1. The van der Waals surface area contributed by atoms with Gasteiger partial charge in [0.05, 0.1) is 7.11 Å². The van der Waals surface area contributed by atoms with E-state index in [0.717, 1.165) is 13.0 Å². The lowest BCUT2D eigenvalue weighted by atomic mass is 10.0. The van der Waals surface area contributed by atoms with Crippen molar-refractivity contribution in [3.63, 3.8) is 0 Å². The Hall–Kier alpha value is -1.65. The zero-order chi connectivity index (χ0) is 13.2. The van der Waals surface area contributed by atoms with Crippen molar-refractivity contribution in [3.8, 4) is 0 Å². The Morgan fingerprint density at radius 2 is 2.28 bits per heavy atom. The van der Waals surface area contributed by atoms with Crippen LogP contribution in [0, 0.1) is 12.3 Å². The minimum atomic E-state index is -0.404. The Balaban J connectivity index is 2.14. The highest BCUT2D eigenvalue weighted by atomic mass is 16.5. The van der Waals surface area contributed by atoms with E-state index in [1.165, 1.54) is 26.1 Å². The maximum Gasteiger partial charge on any atom is 0.343 e. The molecule has 0 amide bonds. The molecule has 98 valence electrons. The van der Waals surface area contributed by atoms with Crippen LogP contribution in [0.2, 0.25) is 0 Å². The molecule has 1 heterocycles. The highest BCUT2D eigenvalue weighted by molar-refractivity contribution is 5.94. The maximum absolute atomic E-state index is 11.6. The molecule has 1 fully saturated rings. The van der Waals surface area contributed by atoms with Gasteiger partial charge < -0.3 is 10.1 Å². The van der Waals surface area contributed by atoms with E-state index in [0.29, 0.717) is 22.6 Å². The van der Waals surface area contributed by atoms with Gasteiger partial charge in [0.25, 0.3) is 0 Å². The number of carbonyl (C=O) groups is 1. The predicted molar refractivity (Wildman–Crippen MR) is 68.6 cm³/mol. The Labute approximate surface area is 107 Å². The highest BCUT2D eigenvalue weighted by Crippen LogP contribution is 2.48. The topological polar surface area (TPSA) is 64.1 Å². The van der Waals surface area contributed by atoms with Gasteiger partial charge in [-0.1, -0.05) is 6.92 Å². The number of rotatable bonds is 5. The van der Waals surface area contributed by atoms with Crippen LogP contribution in [0.25, 0.3) is 0 Å². The van der Waals surface area contributed by atoms with Gasteiger partial charge in [-0.2, -0.15) is 0 Å². The first-order chi connectivity index (χ1) is 8.60. The van der Waals surface area contributed by atoms with Crippen LogP contribution in [-0.4, -0.2) is 29.6 Å². The predicted octanol–water partition coefficient (Wildman–Crippen LogP) is 2.17. The molecule has 0 radical (unpaired) electrons. The molecule has 0 aromatic carbocycles. The molecule has 1 aromatic heterocycles. The molecular formula is C13H19N3O2. The van der Waals surface area contributed by atoms with Gasteiger partial charge in [-0.3, -0.25) is 0 Å². The van der Waals surface area contributed by atoms with Crippen molar-refractivity contribution in [2.24, 2.45) is 5.41 Å². The van der Waals surface area contributed by atoms with Crippen LogP contribution in [0.5, 0.6) is 0 Å². The van der Waals surface area contributed by atoms with Crippen molar-refractivity contribution in [1.82, 2.24) is 9.97 Å². The quantitative estimate of drug-likeness (QED) is 0.810. The number of anilines is 1. The summed E-state index contributed by atoms with van der Waals surface area (Å²) in [6, 6.07) is 0. The molecule has 1 aliphatic rings. The molecule has 5 heteroatoms. The number of nitrogens with zero attached hydrogens (tertiary/aromatic N) is 2. The van der Waals surface area contributed by atoms with E-state index in [2.05, 4.69) is 22.2 Å². The molecule has 1 aliphatic carbocycles. The third-order valence-corrected chi connectivity index (χ3v) is 3.65. The van der Waals surface area contributed by atoms with Crippen LogP contribution in [0.1, 0.15) is 42.4 Å². The Morgan fingerprint density at radius 1 is 1.56 bits per heavy atom. The van der Waals surface area contributed by atoms with Crippen LogP contribution in [0.4, 0.5) is 5.82 Å². The van der Waals surface area contributed by atoms with Gasteiger partial charge in [-0.25, -0.2) is 14.8 Å². The molecule has 0 bridgehead atoms. The summed E-state index contributed by atoms with van der Waals surface area (Å²) in [5.41, 5.74) is 0.793. The first-order valence-electron chi connectivity index (χ1n) is 6.26. The monoisotopic (exact) mass is 249 g/mol. The van der Waals surface area contributed by atoms with E-state index in [4.69, 9.17) is 4.74 Å². The summed E-state index contributed by atoms with van der Waals surface area (Å²) >= 11 is 0. The van der Waals surface area contributed by atoms with Crippen LogP contribution in [-0.2, 0) is 4.74 Å². The van der Waals surface area contributed by atoms with E-state index < -0.39 is 5.97 Å². The molecule has 0 unspecified atom stereocenters. The van der Waals surface area contributed by atoms with E-state index in [1.54, 1.807) is 6.92 Å². The fourth-order valence-corrected chi connectivity index (χ4v) is 1.97. The van der Waals surface area contributed by atoms with Crippen LogP contribution in [0.3, 0.4) is 0 Å². The highest BCUT2D eigenvalue weighted by Gasteiger charge is 2.40. The maximum atomic E-state index is 11.6. The van der Waals surface area contributed by atoms with Crippen molar-refractivity contribution >= 4 is 11.8 Å². The van der Waals surface area contributed by atoms with Gasteiger partial charge in [-0.15, -0.1) is 0 Å². The average Bonchev–Trinajstić information content (AvgIpc) is 3.16. The van der Waals surface area contributed by atoms with Gasteiger partial charge in [0.15, 0.2) is 0 Å². The van der Waals surface area contributed by atoms with Crippen molar-refractivity contribution in [2.45, 2.75) is 33.1 Å². The lowest BCUT2D eigenvalue weighted by Gasteiger charge is -2.15. The van der Waals surface area contributed by atoms with E-state index in [9.17, 15) is 4.79 Å². The van der Waals surface area contributed by atoms with Crippen molar-refractivity contribution in [2.75, 3.05) is 19.0 Å². The van der Waals surface area contributed by atoms with Gasteiger partial charge in [-0.05, 0) is 31.6 Å². The first kappa shape index (κ1) is 12.8. The molecular weight excluding hydrogens is 230 g/mol. The standard InChI is InChI=1S/C13H19N3O2/c1-4-13(5-6-13)8-15-11-10(12(17)18-3)7-14-9(2)16-11/h7H,4-6,8H2,1-3H3,(H,14,15,16). The number of aryl methyl sites for hydroxylation is 1. The van der Waals surface area contributed by atoms with Crippen molar-refractivity contribution in [1.29, 1.82) is 0 Å². The molecule has 0 saturated heterocycles. The smallest absolute Gasteiger partial charge is 0.343 e. The summed E-state index contributed by atoms with van der Waals surface area (Å²) in [7, 11) is 1.36. The SMILES string of the molecule is CCC1(CNc2nc(C)ncc2C(=O)OC)CC1. The Kier molecular flexibility index (Phi) is 3.50. The second-order valence-electron chi connectivity index (χ2n) is 4.88. The molecule has 1 saturated carbocycles. The third-order valence-electron chi connectivity index (χ3n) is 3.65. The fraction of sp³-hybridized carbons (Fsp3) is 0.615. The number of carbonyl (C=O) groups excluding carboxylic acids is 1. The van der Waals surface area contributed by atoms with Crippen molar-refractivity contribution < 1.29 is 9.53 Å². The Morgan fingerprint density at radius 3 is 2.83 bits per heavy atom. The minimum absolute atomic E-state index is 0.395. The number of esters is 1. The first-order valence-corrected chi connectivity index (χ1v) is 6.26. The molecule has 5 nitrogen and oxygen atoms in total. The van der Waals surface area contributed by atoms with Crippen LogP contribution < -0.4 is 5.32 Å². The number of aromatic nitrogens is 2. The average molecular weight is 249 g/mol. The zero-order valence-electron chi connectivity index (χ0n) is 11.1. The van der Waals surface area contributed by atoms with Gasteiger partial charge in [0.1, 0.15) is 17.2 Å². The summed E-state index contributed by atoms with van der Waals surface area (Å²) in [6.45, 7) is 4.85.